The number of nitrogens with one attached hydrogen (secondary N) is 1. The predicted molar refractivity (Wildman–Crippen MR) is 53.3 cm³/mol. The molecule has 0 aliphatic heterocycles. The smallest absolute Gasteiger partial charge is 0.240 e. The van der Waals surface area contributed by atoms with E-state index in [0.29, 0.717) is 0 Å². The third kappa shape index (κ3) is 3.58. The Morgan fingerprint density at radius 2 is 1.93 bits per heavy atom. The van der Waals surface area contributed by atoms with Crippen LogP contribution in [0.15, 0.2) is 29.2 Å². The topological polar surface area (TPSA) is 66.4 Å². The summed E-state index contributed by atoms with van der Waals surface area (Å²) in [5, 5.41) is 8.92. The SMILES string of the molecule is CC(O)CNS(=O)(=O)c1ccc(F)cc1. The molecule has 15 heavy (non-hydrogen) atoms. The summed E-state index contributed by atoms with van der Waals surface area (Å²) >= 11 is 0. The first-order valence-corrected chi connectivity index (χ1v) is 5.83. The maximum atomic E-state index is 12.5. The van der Waals surface area contributed by atoms with E-state index in [9.17, 15) is 12.8 Å². The lowest BCUT2D eigenvalue weighted by atomic mass is 10.4. The number of aliphatic hydroxyl groups excluding tert-OH is 1. The van der Waals surface area contributed by atoms with E-state index in [1.165, 1.54) is 19.1 Å². The van der Waals surface area contributed by atoms with E-state index >= 15 is 0 Å². The van der Waals surface area contributed by atoms with Gasteiger partial charge in [0.15, 0.2) is 0 Å². The summed E-state index contributed by atoms with van der Waals surface area (Å²) in [7, 11) is -3.65. The minimum atomic E-state index is -3.65. The molecule has 0 radical (unpaired) electrons. The molecule has 0 aliphatic rings. The molecule has 4 nitrogen and oxygen atoms in total. The third-order valence-electron chi connectivity index (χ3n) is 1.69. The highest BCUT2D eigenvalue weighted by Gasteiger charge is 2.13. The van der Waals surface area contributed by atoms with Gasteiger partial charge in [-0.3, -0.25) is 0 Å². The lowest BCUT2D eigenvalue weighted by Crippen LogP contribution is -2.30. The number of rotatable bonds is 4. The molecule has 1 aromatic rings. The van der Waals surface area contributed by atoms with Gasteiger partial charge in [0.1, 0.15) is 5.82 Å². The van der Waals surface area contributed by atoms with Crippen molar-refractivity contribution in [2.75, 3.05) is 6.54 Å². The molecule has 0 bridgehead atoms. The van der Waals surface area contributed by atoms with Gasteiger partial charge in [0.05, 0.1) is 11.0 Å². The number of halogens is 1. The van der Waals surface area contributed by atoms with Crippen molar-refractivity contribution in [3.05, 3.63) is 30.1 Å². The van der Waals surface area contributed by atoms with E-state index in [2.05, 4.69) is 4.72 Å². The van der Waals surface area contributed by atoms with E-state index < -0.39 is 21.9 Å². The molecule has 6 heteroatoms. The van der Waals surface area contributed by atoms with Crippen molar-refractivity contribution in [3.63, 3.8) is 0 Å². The van der Waals surface area contributed by atoms with Gasteiger partial charge in [0, 0.05) is 6.54 Å². The molecular formula is C9H12FNO3S. The molecule has 0 heterocycles. The highest BCUT2D eigenvalue weighted by molar-refractivity contribution is 7.89. The zero-order valence-electron chi connectivity index (χ0n) is 8.14. The predicted octanol–water partition coefficient (Wildman–Crippen LogP) is 0.485. The normalized spacial score (nSPS) is 13.8. The fourth-order valence-electron chi connectivity index (χ4n) is 0.927. The van der Waals surface area contributed by atoms with Gasteiger partial charge in [-0.15, -0.1) is 0 Å². The van der Waals surface area contributed by atoms with Crippen LogP contribution in [-0.2, 0) is 10.0 Å². The van der Waals surface area contributed by atoms with Gasteiger partial charge in [0.25, 0.3) is 0 Å². The summed E-state index contributed by atoms with van der Waals surface area (Å²) in [6.07, 6.45) is -0.764. The van der Waals surface area contributed by atoms with Crippen molar-refractivity contribution in [1.29, 1.82) is 0 Å². The monoisotopic (exact) mass is 233 g/mol. The summed E-state index contributed by atoms with van der Waals surface area (Å²) in [6.45, 7) is 1.40. The van der Waals surface area contributed by atoms with Crippen LogP contribution in [0.4, 0.5) is 4.39 Å². The number of aliphatic hydroxyl groups is 1. The molecule has 1 unspecified atom stereocenters. The highest BCUT2D eigenvalue weighted by atomic mass is 32.2. The second kappa shape index (κ2) is 4.69. The first-order valence-electron chi connectivity index (χ1n) is 4.35. The Balaban J connectivity index is 2.82. The van der Waals surface area contributed by atoms with Gasteiger partial charge in [-0.2, -0.15) is 0 Å². The number of hydrogen-bond acceptors (Lipinski definition) is 3. The number of sulfonamides is 1. The van der Waals surface area contributed by atoms with Crippen LogP contribution in [0.2, 0.25) is 0 Å². The Morgan fingerprint density at radius 3 is 2.40 bits per heavy atom. The van der Waals surface area contributed by atoms with E-state index in [-0.39, 0.29) is 11.4 Å². The van der Waals surface area contributed by atoms with Gasteiger partial charge in [-0.1, -0.05) is 0 Å². The summed E-state index contributed by atoms with van der Waals surface area (Å²) in [4.78, 5) is -0.0236. The minimum absolute atomic E-state index is 0.0236. The average molecular weight is 233 g/mol. The van der Waals surface area contributed by atoms with Crippen LogP contribution in [0.3, 0.4) is 0 Å². The zero-order valence-corrected chi connectivity index (χ0v) is 8.96. The van der Waals surface area contributed by atoms with Crippen molar-refractivity contribution in [2.24, 2.45) is 0 Å². The minimum Gasteiger partial charge on any atom is -0.392 e. The average Bonchev–Trinajstić information content (AvgIpc) is 2.16. The van der Waals surface area contributed by atoms with Crippen molar-refractivity contribution >= 4 is 10.0 Å². The molecule has 2 N–H and O–H groups in total. The summed E-state index contributed by atoms with van der Waals surface area (Å²) in [6, 6.07) is 4.47. The molecule has 1 aromatic carbocycles. The molecule has 0 spiro atoms. The number of hydrogen-bond donors (Lipinski definition) is 2. The quantitative estimate of drug-likeness (QED) is 0.795. The van der Waals surface area contributed by atoms with Crippen LogP contribution in [0.1, 0.15) is 6.92 Å². The van der Waals surface area contributed by atoms with Crippen molar-refractivity contribution in [2.45, 2.75) is 17.9 Å². The van der Waals surface area contributed by atoms with Crippen LogP contribution in [0.25, 0.3) is 0 Å². The van der Waals surface area contributed by atoms with E-state index in [4.69, 9.17) is 5.11 Å². The molecule has 0 aromatic heterocycles. The molecule has 0 amide bonds. The van der Waals surface area contributed by atoms with E-state index in [1.807, 2.05) is 0 Å². The second-order valence-corrected chi connectivity index (χ2v) is 4.92. The maximum absolute atomic E-state index is 12.5. The van der Waals surface area contributed by atoms with E-state index in [0.717, 1.165) is 12.1 Å². The Hall–Kier alpha value is -0.980. The van der Waals surface area contributed by atoms with Crippen LogP contribution in [0.5, 0.6) is 0 Å². The van der Waals surface area contributed by atoms with Crippen LogP contribution < -0.4 is 4.72 Å². The van der Waals surface area contributed by atoms with Gasteiger partial charge < -0.3 is 5.11 Å². The lowest BCUT2D eigenvalue weighted by molar-refractivity contribution is 0.198. The molecule has 1 rings (SSSR count). The van der Waals surface area contributed by atoms with Crippen molar-refractivity contribution in [3.8, 4) is 0 Å². The third-order valence-corrected chi connectivity index (χ3v) is 3.13. The van der Waals surface area contributed by atoms with Gasteiger partial charge >= 0.3 is 0 Å². The molecule has 84 valence electrons. The largest absolute Gasteiger partial charge is 0.392 e. The first kappa shape index (κ1) is 12.1. The Bertz CT molecular complexity index is 413. The number of benzene rings is 1. The zero-order chi connectivity index (χ0) is 11.5. The highest BCUT2D eigenvalue weighted by Crippen LogP contribution is 2.09. The molecule has 1 atom stereocenters. The summed E-state index contributed by atoms with van der Waals surface area (Å²) in [5.74, 6) is -0.496. The molecule has 0 aliphatic carbocycles. The summed E-state index contributed by atoms with van der Waals surface area (Å²) < 4.78 is 37.7. The fraction of sp³-hybridized carbons (Fsp3) is 0.333. The van der Waals surface area contributed by atoms with E-state index in [1.54, 1.807) is 0 Å². The Kier molecular flexibility index (Phi) is 3.78. The maximum Gasteiger partial charge on any atom is 0.240 e. The summed E-state index contributed by atoms with van der Waals surface area (Å²) in [5.41, 5.74) is 0. The second-order valence-electron chi connectivity index (χ2n) is 3.15. The fourth-order valence-corrected chi connectivity index (χ4v) is 2.05. The first-order chi connectivity index (χ1) is 6.92. The van der Waals surface area contributed by atoms with Crippen molar-refractivity contribution in [1.82, 2.24) is 4.72 Å². The molecule has 0 fully saturated rings. The van der Waals surface area contributed by atoms with Crippen molar-refractivity contribution < 1.29 is 17.9 Å². The van der Waals surface area contributed by atoms with Gasteiger partial charge in [0.2, 0.25) is 10.0 Å². The molecule has 0 saturated heterocycles. The molecular weight excluding hydrogens is 221 g/mol. The van der Waals surface area contributed by atoms with Gasteiger partial charge in [-0.25, -0.2) is 17.5 Å². The molecule has 0 saturated carbocycles. The standard InChI is InChI=1S/C9H12FNO3S/c1-7(12)6-11-15(13,14)9-4-2-8(10)3-5-9/h2-5,7,11-12H,6H2,1H3. The Labute approximate surface area is 87.8 Å². The van der Waals surface area contributed by atoms with Crippen LogP contribution in [-0.4, -0.2) is 26.2 Å². The Morgan fingerprint density at radius 1 is 1.40 bits per heavy atom. The lowest BCUT2D eigenvalue weighted by Gasteiger charge is -2.07. The van der Waals surface area contributed by atoms with Gasteiger partial charge in [-0.05, 0) is 31.2 Å². The van der Waals surface area contributed by atoms with Crippen LogP contribution >= 0.6 is 0 Å². The van der Waals surface area contributed by atoms with Crippen LogP contribution in [0, 0.1) is 5.82 Å².